The normalized spacial score (nSPS) is 17.6. The van der Waals surface area contributed by atoms with Crippen LogP contribution in [0.2, 0.25) is 0 Å². The lowest BCUT2D eigenvalue weighted by molar-refractivity contribution is -0.131. The Bertz CT molecular complexity index is 706. The van der Waals surface area contributed by atoms with Crippen molar-refractivity contribution in [3.8, 4) is 5.75 Å². The summed E-state index contributed by atoms with van der Waals surface area (Å²) in [7, 11) is 0. The van der Waals surface area contributed by atoms with Crippen molar-refractivity contribution in [2.45, 2.75) is 32.2 Å². The number of rotatable bonds is 4. The zero-order valence-electron chi connectivity index (χ0n) is 13.7. The number of carbonyl (C=O) groups is 1. The van der Waals surface area contributed by atoms with Gasteiger partial charge in [0, 0.05) is 32.3 Å². The number of amides is 1. The van der Waals surface area contributed by atoms with Crippen molar-refractivity contribution in [3.63, 3.8) is 0 Å². The second-order valence-corrected chi connectivity index (χ2v) is 6.67. The molecule has 1 fully saturated rings. The maximum absolute atomic E-state index is 12.6. The molecule has 0 bridgehead atoms. The Morgan fingerprint density at radius 2 is 2.17 bits per heavy atom. The van der Waals surface area contributed by atoms with E-state index < -0.39 is 0 Å². The molecule has 0 saturated carbocycles. The van der Waals surface area contributed by atoms with Crippen LogP contribution in [-0.2, 0) is 24.2 Å². The van der Waals surface area contributed by atoms with Gasteiger partial charge in [0.2, 0.25) is 5.91 Å². The van der Waals surface area contributed by atoms with E-state index in [-0.39, 0.29) is 5.91 Å². The molecule has 0 atom stereocenters. The summed E-state index contributed by atoms with van der Waals surface area (Å²) in [5, 5.41) is 7.87. The van der Waals surface area contributed by atoms with E-state index in [9.17, 15) is 4.79 Å². The molecule has 0 N–H and O–H groups in total. The molecule has 2 aliphatic heterocycles. The second kappa shape index (κ2) is 6.63. The van der Waals surface area contributed by atoms with Crippen LogP contribution in [0.25, 0.3) is 0 Å². The Labute approximate surface area is 141 Å². The van der Waals surface area contributed by atoms with Gasteiger partial charge in [0.25, 0.3) is 0 Å². The molecular weight excluding hydrogens is 304 g/mol. The molecule has 6 nitrogen and oxygen atoms in total. The number of benzene rings is 1. The summed E-state index contributed by atoms with van der Waals surface area (Å²) in [6.45, 7) is 3.33. The molecule has 126 valence electrons. The number of nitrogens with zero attached hydrogens (tertiary/aromatic N) is 4. The maximum Gasteiger partial charge on any atom is 0.226 e. The second-order valence-electron chi connectivity index (χ2n) is 6.67. The quantitative estimate of drug-likeness (QED) is 0.858. The van der Waals surface area contributed by atoms with Crippen molar-refractivity contribution in [3.05, 3.63) is 41.7 Å². The summed E-state index contributed by atoms with van der Waals surface area (Å²) in [5.74, 6) is 1.78. The average Bonchev–Trinajstić information content (AvgIpc) is 3.26. The minimum absolute atomic E-state index is 0.230. The fraction of sp³-hybridized carbons (Fsp3) is 0.500. The number of hydrogen-bond acceptors (Lipinski definition) is 4. The van der Waals surface area contributed by atoms with E-state index in [0.29, 0.717) is 12.3 Å². The lowest BCUT2D eigenvalue weighted by Crippen LogP contribution is -2.40. The fourth-order valence-electron chi connectivity index (χ4n) is 3.60. The Hall–Kier alpha value is -2.37. The standard InChI is InChI=1S/C18H22N4O2/c23-18(12-15-1-2-17-16(11-15)5-10-24-17)21-7-3-14(4-8-21)13-22-9-6-19-20-22/h1-2,6,9,11,14H,3-5,7-8,10,12-13H2. The van der Waals surface area contributed by atoms with Gasteiger partial charge in [-0.05, 0) is 36.0 Å². The summed E-state index contributed by atoms with van der Waals surface area (Å²) >= 11 is 0. The number of ether oxygens (including phenoxy) is 1. The predicted molar refractivity (Wildman–Crippen MR) is 88.7 cm³/mol. The topological polar surface area (TPSA) is 60.2 Å². The van der Waals surface area contributed by atoms with Crippen LogP contribution in [0.15, 0.2) is 30.6 Å². The van der Waals surface area contributed by atoms with Gasteiger partial charge in [-0.2, -0.15) is 0 Å². The highest BCUT2D eigenvalue weighted by molar-refractivity contribution is 5.79. The summed E-state index contributed by atoms with van der Waals surface area (Å²) < 4.78 is 7.41. The average molecular weight is 326 g/mol. The third kappa shape index (κ3) is 3.27. The molecule has 0 radical (unpaired) electrons. The molecule has 6 heteroatoms. The molecule has 1 amide bonds. The highest BCUT2D eigenvalue weighted by Crippen LogP contribution is 2.26. The molecule has 2 aromatic rings. The highest BCUT2D eigenvalue weighted by atomic mass is 16.5. The van der Waals surface area contributed by atoms with E-state index in [2.05, 4.69) is 16.4 Å². The number of aromatic nitrogens is 3. The largest absolute Gasteiger partial charge is 0.493 e. The third-order valence-corrected chi connectivity index (χ3v) is 4.99. The van der Waals surface area contributed by atoms with Crippen molar-refractivity contribution in [2.24, 2.45) is 5.92 Å². The minimum atomic E-state index is 0.230. The number of hydrogen-bond donors (Lipinski definition) is 0. The molecule has 4 rings (SSSR count). The molecule has 0 spiro atoms. The summed E-state index contributed by atoms with van der Waals surface area (Å²) in [6, 6.07) is 6.13. The third-order valence-electron chi connectivity index (χ3n) is 4.99. The van der Waals surface area contributed by atoms with Gasteiger partial charge in [-0.3, -0.25) is 9.48 Å². The Kier molecular flexibility index (Phi) is 4.19. The van der Waals surface area contributed by atoms with E-state index in [0.717, 1.165) is 56.8 Å². The molecular formula is C18H22N4O2. The van der Waals surface area contributed by atoms with E-state index in [1.165, 1.54) is 5.56 Å². The van der Waals surface area contributed by atoms with Gasteiger partial charge >= 0.3 is 0 Å². The Morgan fingerprint density at radius 1 is 1.29 bits per heavy atom. The number of likely N-dealkylation sites (tertiary alicyclic amines) is 1. The summed E-state index contributed by atoms with van der Waals surface area (Å²) in [5.41, 5.74) is 2.32. The molecule has 3 heterocycles. The van der Waals surface area contributed by atoms with E-state index in [1.807, 2.05) is 27.9 Å². The first kappa shape index (κ1) is 15.2. The number of carbonyl (C=O) groups excluding carboxylic acids is 1. The number of piperidine rings is 1. The van der Waals surface area contributed by atoms with Gasteiger partial charge < -0.3 is 9.64 Å². The molecule has 1 saturated heterocycles. The Morgan fingerprint density at radius 3 is 2.96 bits per heavy atom. The van der Waals surface area contributed by atoms with Gasteiger partial charge in [-0.1, -0.05) is 17.3 Å². The first-order chi connectivity index (χ1) is 11.8. The minimum Gasteiger partial charge on any atom is -0.493 e. The van der Waals surface area contributed by atoms with Crippen LogP contribution < -0.4 is 4.74 Å². The van der Waals surface area contributed by atoms with Gasteiger partial charge in [-0.15, -0.1) is 5.10 Å². The van der Waals surface area contributed by atoms with Crippen LogP contribution in [0.5, 0.6) is 5.75 Å². The molecule has 1 aromatic carbocycles. The highest BCUT2D eigenvalue weighted by Gasteiger charge is 2.23. The lowest BCUT2D eigenvalue weighted by atomic mass is 9.96. The van der Waals surface area contributed by atoms with Crippen LogP contribution in [0.1, 0.15) is 24.0 Å². The first-order valence-electron chi connectivity index (χ1n) is 8.64. The van der Waals surface area contributed by atoms with Gasteiger partial charge in [0.1, 0.15) is 5.75 Å². The van der Waals surface area contributed by atoms with Gasteiger partial charge in [0.05, 0.1) is 19.2 Å². The smallest absolute Gasteiger partial charge is 0.226 e. The number of fused-ring (bicyclic) bond motifs is 1. The van der Waals surface area contributed by atoms with Crippen molar-refractivity contribution in [1.29, 1.82) is 0 Å². The monoisotopic (exact) mass is 326 g/mol. The molecule has 0 unspecified atom stereocenters. The summed E-state index contributed by atoms with van der Waals surface area (Å²) in [6.07, 6.45) is 7.11. The van der Waals surface area contributed by atoms with Gasteiger partial charge in [0.15, 0.2) is 0 Å². The van der Waals surface area contributed by atoms with Crippen LogP contribution in [0.3, 0.4) is 0 Å². The van der Waals surface area contributed by atoms with Crippen molar-refractivity contribution < 1.29 is 9.53 Å². The van der Waals surface area contributed by atoms with Crippen molar-refractivity contribution >= 4 is 5.91 Å². The van der Waals surface area contributed by atoms with E-state index in [4.69, 9.17) is 4.74 Å². The van der Waals surface area contributed by atoms with E-state index >= 15 is 0 Å². The van der Waals surface area contributed by atoms with Crippen LogP contribution in [0, 0.1) is 5.92 Å². The van der Waals surface area contributed by atoms with E-state index in [1.54, 1.807) is 6.20 Å². The first-order valence-corrected chi connectivity index (χ1v) is 8.64. The Balaban J connectivity index is 1.30. The van der Waals surface area contributed by atoms with Crippen LogP contribution in [0.4, 0.5) is 0 Å². The predicted octanol–water partition coefficient (Wildman–Crippen LogP) is 1.69. The molecule has 0 aliphatic carbocycles. The molecule has 2 aliphatic rings. The van der Waals surface area contributed by atoms with Gasteiger partial charge in [-0.25, -0.2) is 0 Å². The van der Waals surface area contributed by atoms with Crippen LogP contribution in [-0.4, -0.2) is 45.5 Å². The van der Waals surface area contributed by atoms with Crippen molar-refractivity contribution in [1.82, 2.24) is 19.9 Å². The zero-order valence-corrected chi connectivity index (χ0v) is 13.7. The maximum atomic E-state index is 12.6. The lowest BCUT2D eigenvalue weighted by Gasteiger charge is -2.32. The SMILES string of the molecule is O=C(Cc1ccc2c(c1)CCO2)N1CCC(Cn2ccnn2)CC1. The van der Waals surface area contributed by atoms with Crippen molar-refractivity contribution in [2.75, 3.05) is 19.7 Å². The molecule has 1 aromatic heterocycles. The molecule has 24 heavy (non-hydrogen) atoms. The zero-order chi connectivity index (χ0) is 16.4. The van der Waals surface area contributed by atoms with Crippen LogP contribution >= 0.6 is 0 Å². The summed E-state index contributed by atoms with van der Waals surface area (Å²) in [4.78, 5) is 14.6. The fourth-order valence-corrected chi connectivity index (χ4v) is 3.60.